The molecule has 0 atom stereocenters. The summed E-state index contributed by atoms with van der Waals surface area (Å²) in [5.74, 6) is 2.08. The van der Waals surface area contributed by atoms with Crippen molar-refractivity contribution in [1.82, 2.24) is 0 Å². The maximum Gasteiger partial charge on any atom is 0.163 e. The van der Waals surface area contributed by atoms with Crippen molar-refractivity contribution in [3.8, 4) is 5.75 Å². The molecule has 0 amide bonds. The zero-order valence-corrected chi connectivity index (χ0v) is 13.3. The molecule has 0 heterocycles. The first kappa shape index (κ1) is 15.6. The van der Waals surface area contributed by atoms with Crippen LogP contribution in [0.1, 0.15) is 29.3 Å². The molecule has 2 nitrogen and oxygen atoms in total. The van der Waals surface area contributed by atoms with Gasteiger partial charge in [-0.2, -0.15) is 0 Å². The first-order valence-electron chi connectivity index (χ1n) is 7.12. The summed E-state index contributed by atoms with van der Waals surface area (Å²) < 4.78 is 5.13. The van der Waals surface area contributed by atoms with Crippen molar-refractivity contribution in [3.05, 3.63) is 59.7 Å². The van der Waals surface area contributed by atoms with Crippen molar-refractivity contribution in [2.75, 3.05) is 12.9 Å². The second kappa shape index (κ2) is 7.89. The van der Waals surface area contributed by atoms with Crippen LogP contribution in [0.2, 0.25) is 0 Å². The Kier molecular flexibility index (Phi) is 5.88. The molecule has 0 aliphatic heterocycles. The van der Waals surface area contributed by atoms with E-state index in [9.17, 15) is 4.79 Å². The third-order valence-corrected chi connectivity index (χ3v) is 4.18. The zero-order valence-electron chi connectivity index (χ0n) is 12.5. The van der Waals surface area contributed by atoms with Gasteiger partial charge in [-0.3, -0.25) is 4.79 Å². The molecular formula is C18H20O2S. The van der Waals surface area contributed by atoms with Crippen LogP contribution < -0.4 is 4.74 Å². The lowest BCUT2D eigenvalue weighted by atomic mass is 10.0. The number of benzene rings is 2. The van der Waals surface area contributed by atoms with Gasteiger partial charge in [-0.25, -0.2) is 0 Å². The number of methoxy groups -OCH3 is 1. The van der Waals surface area contributed by atoms with E-state index in [1.165, 1.54) is 4.90 Å². The molecule has 2 aromatic carbocycles. The zero-order chi connectivity index (χ0) is 15.1. The fourth-order valence-corrected chi connectivity index (χ4v) is 2.76. The first-order valence-corrected chi connectivity index (χ1v) is 8.10. The molecule has 3 heteroatoms. The summed E-state index contributed by atoms with van der Waals surface area (Å²) in [6.45, 7) is 2.12. The number of ether oxygens (including phenoxy) is 1. The summed E-state index contributed by atoms with van der Waals surface area (Å²) in [6.07, 6.45) is 1.29. The number of thioether (sulfide) groups is 1. The summed E-state index contributed by atoms with van der Waals surface area (Å²) in [5, 5.41) is 0. The Morgan fingerprint density at radius 3 is 2.29 bits per heavy atom. The van der Waals surface area contributed by atoms with Crippen molar-refractivity contribution < 1.29 is 9.53 Å². The molecule has 0 saturated carbocycles. The largest absolute Gasteiger partial charge is 0.497 e. The Morgan fingerprint density at radius 2 is 1.71 bits per heavy atom. The highest BCUT2D eigenvalue weighted by atomic mass is 32.2. The number of aryl methyl sites for hydroxylation is 1. The van der Waals surface area contributed by atoms with Crippen molar-refractivity contribution >= 4 is 17.5 Å². The van der Waals surface area contributed by atoms with Crippen LogP contribution in [0, 0.1) is 0 Å². The second-order valence-electron chi connectivity index (χ2n) is 4.73. The van der Waals surface area contributed by atoms with Gasteiger partial charge in [0.25, 0.3) is 0 Å². The maximum atomic E-state index is 12.2. The lowest BCUT2D eigenvalue weighted by molar-refractivity contribution is 0.0983. The summed E-state index contributed by atoms with van der Waals surface area (Å²) >= 11 is 1.79. The third-order valence-electron chi connectivity index (χ3n) is 3.29. The number of Topliss-reactive ketones (excluding diaryl/α,β-unsaturated/α-hetero) is 1. The van der Waals surface area contributed by atoms with Gasteiger partial charge in [-0.15, -0.1) is 11.8 Å². The van der Waals surface area contributed by atoms with Crippen LogP contribution in [-0.2, 0) is 6.42 Å². The average Bonchev–Trinajstić information content (AvgIpc) is 2.54. The molecule has 0 radical (unpaired) electrons. The molecular weight excluding hydrogens is 280 g/mol. The van der Waals surface area contributed by atoms with E-state index in [0.29, 0.717) is 6.42 Å². The predicted molar refractivity (Wildman–Crippen MR) is 88.5 cm³/mol. The first-order chi connectivity index (χ1) is 10.2. The van der Waals surface area contributed by atoms with Gasteiger partial charge in [0, 0.05) is 16.9 Å². The Balaban J connectivity index is 1.91. The second-order valence-corrected chi connectivity index (χ2v) is 6.07. The number of hydrogen-bond donors (Lipinski definition) is 0. The molecule has 0 aliphatic carbocycles. The van der Waals surface area contributed by atoms with Crippen LogP contribution in [0.4, 0.5) is 0 Å². The monoisotopic (exact) mass is 300 g/mol. The van der Waals surface area contributed by atoms with E-state index in [4.69, 9.17) is 4.74 Å². The molecule has 0 fully saturated rings. The minimum atomic E-state index is 0.193. The lowest BCUT2D eigenvalue weighted by Gasteiger charge is -2.04. The topological polar surface area (TPSA) is 26.3 Å². The fraction of sp³-hybridized carbons (Fsp3) is 0.278. The average molecular weight is 300 g/mol. The number of ketones is 1. The van der Waals surface area contributed by atoms with Crippen LogP contribution in [0.15, 0.2) is 53.4 Å². The van der Waals surface area contributed by atoms with Crippen molar-refractivity contribution in [1.29, 1.82) is 0 Å². The molecule has 0 N–H and O–H groups in total. The molecule has 0 aromatic heterocycles. The van der Waals surface area contributed by atoms with E-state index in [1.54, 1.807) is 18.9 Å². The molecule has 110 valence electrons. The number of carbonyl (C=O) groups is 1. The minimum Gasteiger partial charge on any atom is -0.497 e. The van der Waals surface area contributed by atoms with E-state index in [2.05, 4.69) is 6.92 Å². The minimum absolute atomic E-state index is 0.193. The van der Waals surface area contributed by atoms with Crippen LogP contribution in [0.3, 0.4) is 0 Å². The fourth-order valence-electron chi connectivity index (χ4n) is 2.10. The number of rotatable bonds is 7. The number of carbonyl (C=O) groups excluding carboxylic acids is 1. The Hall–Kier alpha value is -1.74. The van der Waals surface area contributed by atoms with Gasteiger partial charge in [0.1, 0.15) is 5.75 Å². The van der Waals surface area contributed by atoms with Crippen molar-refractivity contribution in [2.24, 2.45) is 0 Å². The van der Waals surface area contributed by atoms with Crippen molar-refractivity contribution in [3.63, 3.8) is 0 Å². The van der Waals surface area contributed by atoms with Gasteiger partial charge < -0.3 is 4.74 Å². The Morgan fingerprint density at radius 1 is 1.05 bits per heavy atom. The molecule has 0 aliphatic rings. The van der Waals surface area contributed by atoms with Crippen LogP contribution in [0.25, 0.3) is 0 Å². The van der Waals surface area contributed by atoms with Crippen LogP contribution in [-0.4, -0.2) is 18.6 Å². The highest BCUT2D eigenvalue weighted by molar-refractivity contribution is 7.99. The standard InChI is InChI=1S/C18H20O2S/c1-3-21-17-11-7-15(8-12-17)18(19)13-6-14-4-9-16(20-2)10-5-14/h4-5,7-12H,3,6,13H2,1-2H3. The maximum absolute atomic E-state index is 12.2. The van der Waals surface area contributed by atoms with E-state index in [1.807, 2.05) is 48.5 Å². The van der Waals surface area contributed by atoms with E-state index in [0.717, 1.165) is 29.1 Å². The Bertz CT molecular complexity index is 573. The normalized spacial score (nSPS) is 10.4. The summed E-state index contributed by atoms with van der Waals surface area (Å²) in [6, 6.07) is 15.8. The Labute approximate surface area is 130 Å². The molecule has 0 bridgehead atoms. The number of hydrogen-bond acceptors (Lipinski definition) is 3. The summed E-state index contributed by atoms with van der Waals surface area (Å²) in [4.78, 5) is 13.4. The van der Waals surface area contributed by atoms with Gasteiger partial charge >= 0.3 is 0 Å². The van der Waals surface area contributed by atoms with Gasteiger partial charge in [-0.05, 0) is 42.0 Å². The molecule has 0 spiro atoms. The molecule has 21 heavy (non-hydrogen) atoms. The summed E-state index contributed by atoms with van der Waals surface area (Å²) in [5.41, 5.74) is 1.95. The van der Waals surface area contributed by atoms with E-state index >= 15 is 0 Å². The summed E-state index contributed by atoms with van der Waals surface area (Å²) in [7, 11) is 1.65. The highest BCUT2D eigenvalue weighted by Crippen LogP contribution is 2.19. The highest BCUT2D eigenvalue weighted by Gasteiger charge is 2.06. The molecule has 0 saturated heterocycles. The van der Waals surface area contributed by atoms with Crippen LogP contribution in [0.5, 0.6) is 5.75 Å². The van der Waals surface area contributed by atoms with Gasteiger partial charge in [0.15, 0.2) is 5.78 Å². The quantitative estimate of drug-likeness (QED) is 0.551. The van der Waals surface area contributed by atoms with Gasteiger partial charge in [0.2, 0.25) is 0 Å². The predicted octanol–water partition coefficient (Wildman–Crippen LogP) is 4.62. The van der Waals surface area contributed by atoms with Gasteiger partial charge in [0.05, 0.1) is 7.11 Å². The van der Waals surface area contributed by atoms with Gasteiger partial charge in [-0.1, -0.05) is 31.2 Å². The smallest absolute Gasteiger partial charge is 0.163 e. The van der Waals surface area contributed by atoms with E-state index in [-0.39, 0.29) is 5.78 Å². The van der Waals surface area contributed by atoms with Crippen LogP contribution >= 0.6 is 11.8 Å². The third kappa shape index (κ3) is 4.64. The molecule has 2 rings (SSSR count). The molecule has 0 unspecified atom stereocenters. The van der Waals surface area contributed by atoms with E-state index < -0.39 is 0 Å². The SMILES string of the molecule is CCSc1ccc(C(=O)CCc2ccc(OC)cc2)cc1. The van der Waals surface area contributed by atoms with Crippen molar-refractivity contribution in [2.45, 2.75) is 24.7 Å². The lowest BCUT2D eigenvalue weighted by Crippen LogP contribution is -2.01. The molecule has 2 aromatic rings.